The Bertz CT molecular complexity index is 306. The fourth-order valence-corrected chi connectivity index (χ4v) is 1.98. The third-order valence-electron chi connectivity index (χ3n) is 2.30. The van der Waals surface area contributed by atoms with Crippen molar-refractivity contribution in [1.29, 1.82) is 0 Å². The van der Waals surface area contributed by atoms with Gasteiger partial charge >= 0.3 is 0 Å². The Hall–Kier alpha value is -0.420. The summed E-state index contributed by atoms with van der Waals surface area (Å²) >= 11 is 3.36. The van der Waals surface area contributed by atoms with Crippen LogP contribution in [0.4, 0.5) is 0 Å². The maximum Gasteiger partial charge on any atom is 0.106 e. The van der Waals surface area contributed by atoms with Crippen LogP contribution >= 0.6 is 15.9 Å². The number of benzene rings is 1. The molecule has 0 bridgehead atoms. The molecule has 0 radical (unpaired) electrons. The van der Waals surface area contributed by atoms with Crippen molar-refractivity contribution < 1.29 is 10.2 Å². The van der Waals surface area contributed by atoms with Gasteiger partial charge in [-0.25, -0.2) is 0 Å². The molecule has 0 aliphatic heterocycles. The van der Waals surface area contributed by atoms with Gasteiger partial charge in [-0.15, -0.1) is 0 Å². The van der Waals surface area contributed by atoms with Gasteiger partial charge in [0.05, 0.1) is 6.10 Å². The number of alkyl halides is 1. The van der Waals surface area contributed by atoms with Crippen LogP contribution in [0.25, 0.3) is 0 Å². The van der Waals surface area contributed by atoms with Crippen LogP contribution in [0.3, 0.4) is 0 Å². The van der Waals surface area contributed by atoms with Gasteiger partial charge in [-0.3, -0.25) is 0 Å². The first kappa shape index (κ1) is 12.6. The Balaban J connectivity index is 2.84. The van der Waals surface area contributed by atoms with Gasteiger partial charge in [0.2, 0.25) is 0 Å². The Morgan fingerprint density at radius 3 is 2.60 bits per heavy atom. The molecule has 0 saturated heterocycles. The van der Waals surface area contributed by atoms with Crippen molar-refractivity contribution in [3.8, 4) is 0 Å². The summed E-state index contributed by atoms with van der Waals surface area (Å²) in [6.45, 7) is 0.373. The van der Waals surface area contributed by atoms with Crippen LogP contribution in [0.2, 0.25) is 0 Å². The second-order valence-corrected chi connectivity index (χ2v) is 3.96. The lowest BCUT2D eigenvalue weighted by molar-refractivity contribution is 0.0198. The van der Waals surface area contributed by atoms with Crippen LogP contribution in [0.5, 0.6) is 0 Å². The van der Waals surface area contributed by atoms with E-state index in [-0.39, 0.29) is 0 Å². The molecule has 0 aromatic heterocycles. The number of likely N-dealkylation sites (N-methyl/N-ethyl adjacent to an activating group) is 1. The number of halogens is 1. The van der Waals surface area contributed by atoms with Gasteiger partial charge in [0.25, 0.3) is 0 Å². The average molecular weight is 274 g/mol. The van der Waals surface area contributed by atoms with E-state index < -0.39 is 12.2 Å². The van der Waals surface area contributed by atoms with E-state index in [1.807, 2.05) is 24.3 Å². The first-order chi connectivity index (χ1) is 7.20. The quantitative estimate of drug-likeness (QED) is 0.707. The van der Waals surface area contributed by atoms with Crippen molar-refractivity contribution in [3.05, 3.63) is 35.4 Å². The molecule has 2 atom stereocenters. The molecule has 0 amide bonds. The minimum Gasteiger partial charge on any atom is -0.389 e. The van der Waals surface area contributed by atoms with Gasteiger partial charge in [0.1, 0.15) is 6.10 Å². The number of aliphatic hydroxyl groups is 2. The summed E-state index contributed by atoms with van der Waals surface area (Å²) in [6.07, 6.45) is -1.62. The summed E-state index contributed by atoms with van der Waals surface area (Å²) in [4.78, 5) is 0. The Morgan fingerprint density at radius 2 is 2.00 bits per heavy atom. The average Bonchev–Trinajstić information content (AvgIpc) is 2.28. The first-order valence-corrected chi connectivity index (χ1v) is 5.97. The molecule has 1 aromatic carbocycles. The van der Waals surface area contributed by atoms with E-state index in [1.165, 1.54) is 0 Å². The Kier molecular flexibility index (Phi) is 5.25. The molecule has 15 heavy (non-hydrogen) atoms. The van der Waals surface area contributed by atoms with Gasteiger partial charge in [0.15, 0.2) is 0 Å². The number of aliphatic hydroxyl groups excluding tert-OH is 2. The molecule has 0 saturated carbocycles. The molecule has 3 N–H and O–H groups in total. The van der Waals surface area contributed by atoms with E-state index in [4.69, 9.17) is 0 Å². The van der Waals surface area contributed by atoms with E-state index >= 15 is 0 Å². The summed E-state index contributed by atoms with van der Waals surface area (Å²) < 4.78 is 0. The van der Waals surface area contributed by atoms with E-state index in [0.717, 1.165) is 11.1 Å². The molecule has 1 rings (SSSR count). The molecule has 0 aliphatic rings. The molecule has 4 heteroatoms. The van der Waals surface area contributed by atoms with E-state index in [0.29, 0.717) is 11.9 Å². The normalized spacial score (nSPS) is 14.9. The number of hydrogen-bond donors (Lipinski definition) is 3. The van der Waals surface area contributed by atoms with Crippen LogP contribution in [0.1, 0.15) is 17.2 Å². The number of rotatable bonds is 5. The molecule has 3 nitrogen and oxygen atoms in total. The lowest BCUT2D eigenvalue weighted by atomic mass is 9.99. The minimum atomic E-state index is -0.841. The van der Waals surface area contributed by atoms with Crippen LogP contribution in [0.15, 0.2) is 24.3 Å². The molecule has 0 aliphatic carbocycles. The third-order valence-corrected chi connectivity index (χ3v) is 2.90. The predicted molar refractivity (Wildman–Crippen MR) is 64.0 cm³/mol. The molecule has 1 aromatic rings. The zero-order valence-corrected chi connectivity index (χ0v) is 10.2. The van der Waals surface area contributed by atoms with Gasteiger partial charge in [-0.05, 0) is 18.2 Å². The zero-order chi connectivity index (χ0) is 11.3. The highest BCUT2D eigenvalue weighted by atomic mass is 79.9. The number of nitrogens with one attached hydrogen (secondary N) is 1. The monoisotopic (exact) mass is 273 g/mol. The van der Waals surface area contributed by atoms with Gasteiger partial charge in [-0.2, -0.15) is 0 Å². The van der Waals surface area contributed by atoms with Gasteiger partial charge < -0.3 is 15.5 Å². The van der Waals surface area contributed by atoms with Crippen molar-refractivity contribution in [2.75, 3.05) is 13.6 Å². The highest BCUT2D eigenvalue weighted by molar-refractivity contribution is 9.08. The summed E-state index contributed by atoms with van der Waals surface area (Å²) in [5.74, 6) is 0. The van der Waals surface area contributed by atoms with Crippen molar-refractivity contribution in [3.63, 3.8) is 0 Å². The van der Waals surface area contributed by atoms with E-state index in [2.05, 4.69) is 21.2 Å². The van der Waals surface area contributed by atoms with Crippen LogP contribution in [-0.4, -0.2) is 29.9 Å². The SMILES string of the molecule is CNCC(O)C(O)c1ccccc1CBr. The summed E-state index contributed by atoms with van der Waals surface area (Å²) in [7, 11) is 1.74. The topological polar surface area (TPSA) is 52.5 Å². The van der Waals surface area contributed by atoms with E-state index in [9.17, 15) is 10.2 Å². The Labute approximate surface area is 98.3 Å². The minimum absolute atomic E-state index is 0.373. The van der Waals surface area contributed by atoms with Crippen molar-refractivity contribution in [2.24, 2.45) is 0 Å². The largest absolute Gasteiger partial charge is 0.389 e. The molecule has 0 spiro atoms. The van der Waals surface area contributed by atoms with Gasteiger partial charge in [-0.1, -0.05) is 40.2 Å². The van der Waals surface area contributed by atoms with Crippen LogP contribution in [-0.2, 0) is 5.33 Å². The second kappa shape index (κ2) is 6.23. The highest BCUT2D eigenvalue weighted by Gasteiger charge is 2.19. The maximum absolute atomic E-state index is 9.92. The zero-order valence-electron chi connectivity index (χ0n) is 8.65. The third kappa shape index (κ3) is 3.28. The first-order valence-electron chi connectivity index (χ1n) is 4.85. The van der Waals surface area contributed by atoms with E-state index in [1.54, 1.807) is 7.05 Å². The summed E-state index contributed by atoms with van der Waals surface area (Å²) in [5, 5.41) is 23.1. The fourth-order valence-electron chi connectivity index (χ4n) is 1.47. The summed E-state index contributed by atoms with van der Waals surface area (Å²) in [6, 6.07) is 7.54. The van der Waals surface area contributed by atoms with Crippen molar-refractivity contribution >= 4 is 15.9 Å². The predicted octanol–water partition coefficient (Wildman–Crippen LogP) is 1.20. The molecular formula is C11H16BrNO2. The van der Waals surface area contributed by atoms with Crippen molar-refractivity contribution in [2.45, 2.75) is 17.5 Å². The van der Waals surface area contributed by atoms with Crippen LogP contribution < -0.4 is 5.32 Å². The fraction of sp³-hybridized carbons (Fsp3) is 0.455. The molecular weight excluding hydrogens is 258 g/mol. The molecule has 0 heterocycles. The molecule has 84 valence electrons. The van der Waals surface area contributed by atoms with Crippen LogP contribution in [0, 0.1) is 0 Å². The summed E-state index contributed by atoms with van der Waals surface area (Å²) in [5.41, 5.74) is 1.78. The number of hydrogen-bond acceptors (Lipinski definition) is 3. The Morgan fingerprint density at radius 1 is 1.33 bits per heavy atom. The lowest BCUT2D eigenvalue weighted by Gasteiger charge is -2.19. The maximum atomic E-state index is 9.92. The van der Waals surface area contributed by atoms with Gasteiger partial charge in [0, 0.05) is 11.9 Å². The second-order valence-electron chi connectivity index (χ2n) is 3.40. The highest BCUT2D eigenvalue weighted by Crippen LogP contribution is 2.22. The standard InChI is InChI=1S/C11H16BrNO2/c1-13-7-10(14)11(15)9-5-3-2-4-8(9)6-12/h2-5,10-11,13-15H,6-7H2,1H3. The molecule has 2 unspecified atom stereocenters. The lowest BCUT2D eigenvalue weighted by Crippen LogP contribution is -2.30. The smallest absolute Gasteiger partial charge is 0.106 e. The van der Waals surface area contributed by atoms with Crippen molar-refractivity contribution in [1.82, 2.24) is 5.32 Å². The molecule has 0 fully saturated rings.